The molecule has 0 unspecified atom stereocenters. The Bertz CT molecular complexity index is 1740. The molecule has 1 fully saturated rings. The van der Waals surface area contributed by atoms with Crippen LogP contribution in [0.2, 0.25) is 5.02 Å². The van der Waals surface area contributed by atoms with Gasteiger partial charge in [-0.15, -0.1) is 23.2 Å². The molecule has 2 bridgehead atoms. The van der Waals surface area contributed by atoms with Gasteiger partial charge in [0.05, 0.1) is 22.4 Å². The van der Waals surface area contributed by atoms with Crippen LogP contribution in [0.4, 0.5) is 0 Å². The van der Waals surface area contributed by atoms with Crippen molar-refractivity contribution < 1.29 is 19.2 Å². The molecule has 0 radical (unpaired) electrons. The summed E-state index contributed by atoms with van der Waals surface area (Å²) in [7, 11) is 0. The first-order valence-electron chi connectivity index (χ1n) is 14.0. The Labute approximate surface area is 268 Å². The highest BCUT2D eigenvalue weighted by Gasteiger charge is 2.73. The lowest BCUT2D eigenvalue weighted by molar-refractivity contribution is -0.148. The van der Waals surface area contributed by atoms with Crippen LogP contribution in [-0.2, 0) is 30.6 Å². The van der Waals surface area contributed by atoms with E-state index in [2.05, 4.69) is 10.9 Å². The molecule has 1 saturated heterocycles. The van der Waals surface area contributed by atoms with E-state index in [9.17, 15) is 19.2 Å². The molecular formula is C34H24Cl3N3O4. The minimum Gasteiger partial charge on any atom is -0.274 e. The highest BCUT2D eigenvalue weighted by Crippen LogP contribution is 2.69. The van der Waals surface area contributed by atoms with Crippen LogP contribution >= 0.6 is 34.8 Å². The van der Waals surface area contributed by atoms with Crippen molar-refractivity contribution in [3.8, 4) is 0 Å². The van der Waals surface area contributed by atoms with E-state index in [1.54, 1.807) is 42.5 Å². The number of nitrogens with one attached hydrogen (secondary N) is 2. The van der Waals surface area contributed by atoms with Gasteiger partial charge in [-0.2, -0.15) is 0 Å². The quantitative estimate of drug-likeness (QED) is 0.175. The summed E-state index contributed by atoms with van der Waals surface area (Å²) in [5, 5.41) is 0.198. The Hall–Kier alpha value is -4.17. The summed E-state index contributed by atoms with van der Waals surface area (Å²) in [6.07, 6.45) is -0.00394. The molecule has 8 rings (SSSR count). The van der Waals surface area contributed by atoms with Crippen molar-refractivity contribution in [2.75, 3.05) is 0 Å². The number of carbonyl (C=O) groups excluding carboxylic acids is 4. The van der Waals surface area contributed by atoms with Crippen molar-refractivity contribution in [3.05, 3.63) is 142 Å². The monoisotopic (exact) mass is 643 g/mol. The highest BCUT2D eigenvalue weighted by molar-refractivity contribution is 6.36. The third-order valence-corrected chi connectivity index (χ3v) is 10.5. The van der Waals surface area contributed by atoms with Crippen LogP contribution in [0.15, 0.2) is 103 Å². The fraction of sp³-hybridized carbons (Fsp3) is 0.176. The summed E-state index contributed by atoms with van der Waals surface area (Å²) < 4.78 is 0. The molecule has 220 valence electrons. The SMILES string of the molecule is O=C(NNC(=O)[C@H](Cc1ccccc1)N1C(=O)[C@H]2[C@H](C1=O)C1(Cl)c3ccccc3C2(Cl)c2ccccc21)c1ccccc1Cl. The Balaban J connectivity index is 1.29. The number of hydrogen-bond acceptors (Lipinski definition) is 4. The summed E-state index contributed by atoms with van der Waals surface area (Å²) in [6.45, 7) is 0. The van der Waals surface area contributed by atoms with E-state index in [0.29, 0.717) is 27.8 Å². The van der Waals surface area contributed by atoms with Gasteiger partial charge >= 0.3 is 0 Å². The average molecular weight is 645 g/mol. The van der Waals surface area contributed by atoms with E-state index in [0.717, 1.165) is 4.90 Å². The van der Waals surface area contributed by atoms with Gasteiger partial charge in [0.25, 0.3) is 11.8 Å². The van der Waals surface area contributed by atoms with Gasteiger partial charge < -0.3 is 0 Å². The first-order valence-corrected chi connectivity index (χ1v) is 15.2. The number of halogens is 3. The van der Waals surface area contributed by atoms with Gasteiger partial charge in [0.2, 0.25) is 11.8 Å². The molecule has 7 nitrogen and oxygen atoms in total. The predicted molar refractivity (Wildman–Crippen MR) is 166 cm³/mol. The molecule has 3 atom stereocenters. The van der Waals surface area contributed by atoms with Gasteiger partial charge in [0.15, 0.2) is 0 Å². The summed E-state index contributed by atoms with van der Waals surface area (Å²) in [5.74, 6) is -4.75. The largest absolute Gasteiger partial charge is 0.274 e. The zero-order valence-electron chi connectivity index (χ0n) is 23.0. The lowest BCUT2D eigenvalue weighted by atomic mass is 9.54. The molecule has 44 heavy (non-hydrogen) atoms. The van der Waals surface area contributed by atoms with E-state index < -0.39 is 51.3 Å². The Morgan fingerprint density at radius 1 is 0.682 bits per heavy atom. The van der Waals surface area contributed by atoms with Gasteiger partial charge in [-0.05, 0) is 39.9 Å². The van der Waals surface area contributed by atoms with Crippen molar-refractivity contribution in [1.29, 1.82) is 0 Å². The number of amides is 4. The third-order valence-electron chi connectivity index (χ3n) is 8.92. The minimum absolute atomic E-state index is 0.00394. The second-order valence-electron chi connectivity index (χ2n) is 11.1. The van der Waals surface area contributed by atoms with Crippen LogP contribution in [0.5, 0.6) is 0 Å². The molecule has 1 heterocycles. The number of nitrogens with zero attached hydrogens (tertiary/aromatic N) is 1. The van der Waals surface area contributed by atoms with Crippen LogP contribution in [-0.4, -0.2) is 34.6 Å². The van der Waals surface area contributed by atoms with Crippen molar-refractivity contribution in [2.24, 2.45) is 11.8 Å². The van der Waals surface area contributed by atoms with Crippen molar-refractivity contribution >= 4 is 58.4 Å². The number of hydrazine groups is 1. The normalized spacial score (nSPS) is 25.1. The summed E-state index contributed by atoms with van der Waals surface area (Å²) in [5.41, 5.74) is 8.28. The molecule has 4 aromatic carbocycles. The summed E-state index contributed by atoms with van der Waals surface area (Å²) >= 11 is 21.3. The van der Waals surface area contributed by atoms with Gasteiger partial charge in [0, 0.05) is 6.42 Å². The van der Waals surface area contributed by atoms with Gasteiger partial charge in [-0.25, -0.2) is 0 Å². The van der Waals surface area contributed by atoms with Gasteiger partial charge in [-0.1, -0.05) is 103 Å². The number of rotatable bonds is 5. The maximum atomic E-state index is 14.5. The number of alkyl halides is 2. The van der Waals surface area contributed by atoms with Crippen LogP contribution in [0, 0.1) is 11.8 Å². The zero-order valence-corrected chi connectivity index (χ0v) is 25.2. The number of imide groups is 1. The Morgan fingerprint density at radius 3 is 1.64 bits per heavy atom. The van der Waals surface area contributed by atoms with E-state index in [1.165, 1.54) is 6.07 Å². The smallest absolute Gasteiger partial charge is 0.271 e. The van der Waals surface area contributed by atoms with E-state index >= 15 is 0 Å². The number of likely N-dealkylation sites (tertiary alicyclic amines) is 1. The summed E-state index contributed by atoms with van der Waals surface area (Å²) in [6, 6.07) is 28.7. The van der Waals surface area contributed by atoms with Gasteiger partial charge in [-0.3, -0.25) is 34.9 Å². The molecule has 3 aliphatic carbocycles. The fourth-order valence-corrected chi connectivity index (χ4v) is 8.37. The fourth-order valence-electron chi connectivity index (χ4n) is 7.05. The lowest BCUT2D eigenvalue weighted by Crippen LogP contribution is -2.57. The predicted octanol–water partition coefficient (Wildman–Crippen LogP) is 5.31. The third kappa shape index (κ3) is 3.96. The van der Waals surface area contributed by atoms with Crippen LogP contribution in [0.3, 0.4) is 0 Å². The second-order valence-corrected chi connectivity index (χ2v) is 12.7. The zero-order chi connectivity index (χ0) is 30.8. The standard InChI is InChI=1S/C34H24Cl3N3O4/c35-25-17-9-4-12-20(25)29(41)38-39-30(42)26(18-19-10-2-1-3-11-19)40-31(43)27-28(32(40)44)34(37)22-14-6-5-13-21(22)33(27,36)23-15-7-8-16-24(23)34/h1-17,26-28H,18H2,(H,38,41)(H,39,42)/t26-,27+,28+,33?,34?/m0/s1. The first kappa shape index (κ1) is 28.6. The molecule has 0 saturated carbocycles. The summed E-state index contributed by atoms with van der Waals surface area (Å²) in [4.78, 5) is 54.0. The van der Waals surface area contributed by atoms with Crippen molar-refractivity contribution in [3.63, 3.8) is 0 Å². The molecule has 4 amide bonds. The molecule has 4 aromatic rings. The molecular weight excluding hydrogens is 621 g/mol. The van der Waals surface area contributed by atoms with Crippen LogP contribution in [0.1, 0.15) is 38.2 Å². The minimum atomic E-state index is -1.39. The van der Waals surface area contributed by atoms with E-state index in [-0.39, 0.29) is 17.0 Å². The topological polar surface area (TPSA) is 95.6 Å². The van der Waals surface area contributed by atoms with Crippen LogP contribution in [0.25, 0.3) is 0 Å². The second kappa shape index (κ2) is 10.5. The molecule has 10 heteroatoms. The lowest BCUT2D eigenvalue weighted by Gasteiger charge is -2.54. The molecule has 0 spiro atoms. The van der Waals surface area contributed by atoms with E-state index in [4.69, 9.17) is 34.8 Å². The van der Waals surface area contributed by atoms with Crippen LogP contribution < -0.4 is 10.9 Å². The average Bonchev–Trinajstić information content (AvgIpc) is 3.32. The maximum absolute atomic E-state index is 14.5. The van der Waals surface area contributed by atoms with E-state index in [1.807, 2.05) is 54.6 Å². The maximum Gasteiger partial charge on any atom is 0.271 e. The molecule has 0 aromatic heterocycles. The molecule has 1 aliphatic heterocycles. The Kier molecular flexibility index (Phi) is 6.81. The first-order chi connectivity index (χ1) is 21.2. The number of benzene rings is 4. The number of carbonyl (C=O) groups is 4. The molecule has 2 N–H and O–H groups in total. The highest BCUT2D eigenvalue weighted by atomic mass is 35.5. The molecule has 4 aliphatic rings. The number of hydrogen-bond donors (Lipinski definition) is 2. The van der Waals surface area contributed by atoms with Crippen molar-refractivity contribution in [1.82, 2.24) is 15.8 Å². The van der Waals surface area contributed by atoms with Crippen molar-refractivity contribution in [2.45, 2.75) is 22.2 Å². The Morgan fingerprint density at radius 2 is 1.14 bits per heavy atom. The van der Waals surface area contributed by atoms with Gasteiger partial charge in [0.1, 0.15) is 15.8 Å².